The molecule has 20 heavy (non-hydrogen) atoms. The van der Waals surface area contributed by atoms with E-state index in [2.05, 4.69) is 18.7 Å². The summed E-state index contributed by atoms with van der Waals surface area (Å²) in [5, 5.41) is 0. The van der Waals surface area contributed by atoms with Gasteiger partial charge >= 0.3 is 5.97 Å². The monoisotopic (exact) mass is 276 g/mol. The summed E-state index contributed by atoms with van der Waals surface area (Å²) in [5.41, 5.74) is 8.14. The molecule has 0 aliphatic carbocycles. The maximum absolute atomic E-state index is 11.9. The predicted octanol–water partition coefficient (Wildman–Crippen LogP) is 2.93. The summed E-state index contributed by atoms with van der Waals surface area (Å²) >= 11 is 0. The summed E-state index contributed by atoms with van der Waals surface area (Å²) in [7, 11) is 0. The zero-order valence-electron chi connectivity index (χ0n) is 12.6. The molecule has 0 radical (unpaired) electrons. The van der Waals surface area contributed by atoms with E-state index < -0.39 is 0 Å². The van der Waals surface area contributed by atoms with Crippen molar-refractivity contribution in [3.8, 4) is 0 Å². The van der Waals surface area contributed by atoms with Crippen molar-refractivity contribution in [2.24, 2.45) is 11.8 Å². The zero-order chi connectivity index (χ0) is 14.7. The Bertz CT molecular complexity index is 485. The number of para-hydroxylation sites is 1. The molecular weight excluding hydrogens is 252 g/mol. The number of nitrogen functional groups attached to an aromatic ring is 1. The van der Waals surface area contributed by atoms with Gasteiger partial charge in [0.05, 0.1) is 23.5 Å². The normalized spacial score (nSPS) is 18.6. The summed E-state index contributed by atoms with van der Waals surface area (Å²) in [5.74, 6) is 1.03. The second-order valence-electron chi connectivity index (χ2n) is 5.70. The maximum atomic E-state index is 11.9. The molecule has 0 saturated carbocycles. The van der Waals surface area contributed by atoms with Gasteiger partial charge in [0.2, 0.25) is 0 Å². The summed E-state index contributed by atoms with van der Waals surface area (Å²) in [6.07, 6.45) is 1.18. The molecule has 1 aliphatic heterocycles. The first-order chi connectivity index (χ1) is 9.54. The Balaban J connectivity index is 2.21. The fraction of sp³-hybridized carbons (Fsp3) is 0.562. The van der Waals surface area contributed by atoms with Crippen LogP contribution in [0.4, 0.5) is 11.4 Å². The molecule has 0 spiro atoms. The Labute approximate surface area is 120 Å². The Hall–Kier alpha value is -1.71. The smallest absolute Gasteiger partial charge is 0.340 e. The fourth-order valence-electron chi connectivity index (χ4n) is 2.77. The molecule has 2 N–H and O–H groups in total. The van der Waals surface area contributed by atoms with Crippen molar-refractivity contribution < 1.29 is 9.53 Å². The number of carbonyl (C=O) groups is 1. The van der Waals surface area contributed by atoms with Gasteiger partial charge in [-0.15, -0.1) is 0 Å². The van der Waals surface area contributed by atoms with Crippen molar-refractivity contribution in [1.82, 2.24) is 0 Å². The summed E-state index contributed by atoms with van der Waals surface area (Å²) < 4.78 is 5.05. The lowest BCUT2D eigenvalue weighted by Crippen LogP contribution is -2.23. The maximum Gasteiger partial charge on any atom is 0.340 e. The quantitative estimate of drug-likeness (QED) is 0.678. The molecule has 2 rings (SSSR count). The molecule has 110 valence electrons. The van der Waals surface area contributed by atoms with Crippen LogP contribution in [0, 0.1) is 11.8 Å². The molecule has 0 bridgehead atoms. The Morgan fingerprint density at radius 3 is 2.85 bits per heavy atom. The SMILES string of the molecule is CCOC(=O)c1cccc(N2CCC(C(C)C)C2)c1N. The summed E-state index contributed by atoms with van der Waals surface area (Å²) in [4.78, 5) is 14.2. The highest BCUT2D eigenvalue weighted by atomic mass is 16.5. The highest BCUT2D eigenvalue weighted by Gasteiger charge is 2.27. The summed E-state index contributed by atoms with van der Waals surface area (Å²) in [6, 6.07) is 5.59. The van der Waals surface area contributed by atoms with E-state index in [-0.39, 0.29) is 5.97 Å². The van der Waals surface area contributed by atoms with Gasteiger partial charge in [0, 0.05) is 13.1 Å². The van der Waals surface area contributed by atoms with Crippen molar-refractivity contribution in [2.75, 3.05) is 30.3 Å². The van der Waals surface area contributed by atoms with E-state index in [1.54, 1.807) is 13.0 Å². The molecule has 0 aromatic heterocycles. The van der Waals surface area contributed by atoms with E-state index in [1.165, 1.54) is 6.42 Å². The van der Waals surface area contributed by atoms with E-state index in [9.17, 15) is 4.79 Å². The van der Waals surface area contributed by atoms with E-state index in [4.69, 9.17) is 10.5 Å². The van der Waals surface area contributed by atoms with E-state index >= 15 is 0 Å². The molecule has 1 heterocycles. The zero-order valence-corrected chi connectivity index (χ0v) is 12.6. The Morgan fingerprint density at radius 1 is 1.50 bits per heavy atom. The number of ether oxygens (including phenoxy) is 1. The highest BCUT2D eigenvalue weighted by molar-refractivity contribution is 5.98. The lowest BCUT2D eigenvalue weighted by molar-refractivity contribution is 0.0527. The van der Waals surface area contributed by atoms with Crippen LogP contribution in [0.2, 0.25) is 0 Å². The molecule has 1 atom stereocenters. The van der Waals surface area contributed by atoms with Gasteiger partial charge in [-0.3, -0.25) is 0 Å². The van der Waals surface area contributed by atoms with Crippen LogP contribution in [0.5, 0.6) is 0 Å². The highest BCUT2D eigenvalue weighted by Crippen LogP contribution is 2.33. The molecule has 4 heteroatoms. The summed E-state index contributed by atoms with van der Waals surface area (Å²) in [6.45, 7) is 8.68. The number of anilines is 2. The van der Waals surface area contributed by atoms with Crippen molar-refractivity contribution in [2.45, 2.75) is 27.2 Å². The van der Waals surface area contributed by atoms with Crippen LogP contribution < -0.4 is 10.6 Å². The van der Waals surface area contributed by atoms with Crippen LogP contribution in [0.25, 0.3) is 0 Å². The van der Waals surface area contributed by atoms with Gasteiger partial charge in [-0.05, 0) is 37.3 Å². The van der Waals surface area contributed by atoms with Crippen molar-refractivity contribution >= 4 is 17.3 Å². The van der Waals surface area contributed by atoms with E-state index in [0.29, 0.717) is 29.7 Å². The third kappa shape index (κ3) is 2.89. The molecule has 4 nitrogen and oxygen atoms in total. The van der Waals surface area contributed by atoms with Gasteiger partial charge in [0.15, 0.2) is 0 Å². The van der Waals surface area contributed by atoms with Gasteiger partial charge in [0.25, 0.3) is 0 Å². The van der Waals surface area contributed by atoms with Crippen LogP contribution in [0.15, 0.2) is 18.2 Å². The van der Waals surface area contributed by atoms with Crippen LogP contribution in [-0.4, -0.2) is 25.7 Å². The second kappa shape index (κ2) is 6.16. The number of hydrogen-bond acceptors (Lipinski definition) is 4. The number of nitrogens with two attached hydrogens (primary N) is 1. The van der Waals surface area contributed by atoms with Crippen molar-refractivity contribution in [1.29, 1.82) is 0 Å². The third-order valence-electron chi connectivity index (χ3n) is 4.09. The standard InChI is InChI=1S/C16H24N2O2/c1-4-20-16(19)13-6-5-7-14(15(13)17)18-9-8-12(10-18)11(2)3/h5-7,11-12H,4,8-10,17H2,1-3H3. The van der Waals surface area contributed by atoms with Gasteiger partial charge in [0.1, 0.15) is 0 Å². The van der Waals surface area contributed by atoms with Crippen LogP contribution >= 0.6 is 0 Å². The molecule has 1 aliphatic rings. The minimum atomic E-state index is -0.341. The number of carbonyl (C=O) groups excluding carboxylic acids is 1. The first-order valence-electron chi connectivity index (χ1n) is 7.35. The lowest BCUT2D eigenvalue weighted by atomic mass is 9.95. The van der Waals surface area contributed by atoms with Gasteiger partial charge in [-0.2, -0.15) is 0 Å². The van der Waals surface area contributed by atoms with Crippen LogP contribution in [-0.2, 0) is 4.74 Å². The third-order valence-corrected chi connectivity index (χ3v) is 4.09. The minimum absolute atomic E-state index is 0.341. The van der Waals surface area contributed by atoms with Crippen molar-refractivity contribution in [3.63, 3.8) is 0 Å². The second-order valence-corrected chi connectivity index (χ2v) is 5.70. The number of esters is 1. The average Bonchev–Trinajstić information content (AvgIpc) is 2.88. The molecule has 1 saturated heterocycles. The van der Waals surface area contributed by atoms with Gasteiger partial charge in [-0.25, -0.2) is 4.79 Å². The van der Waals surface area contributed by atoms with Crippen molar-refractivity contribution in [3.05, 3.63) is 23.8 Å². The van der Waals surface area contributed by atoms with E-state index in [1.807, 2.05) is 12.1 Å². The first kappa shape index (κ1) is 14.7. The number of hydrogen-bond donors (Lipinski definition) is 1. The average molecular weight is 276 g/mol. The first-order valence-corrected chi connectivity index (χ1v) is 7.35. The Morgan fingerprint density at radius 2 is 2.25 bits per heavy atom. The molecule has 1 fully saturated rings. The molecule has 1 unspecified atom stereocenters. The Kier molecular flexibility index (Phi) is 4.53. The lowest BCUT2D eigenvalue weighted by Gasteiger charge is -2.22. The predicted molar refractivity (Wildman–Crippen MR) is 82.0 cm³/mol. The molecule has 1 aromatic carbocycles. The van der Waals surface area contributed by atoms with Gasteiger partial charge < -0.3 is 15.4 Å². The van der Waals surface area contributed by atoms with Gasteiger partial charge in [-0.1, -0.05) is 19.9 Å². The number of benzene rings is 1. The largest absolute Gasteiger partial charge is 0.462 e. The number of rotatable bonds is 4. The topological polar surface area (TPSA) is 55.6 Å². The minimum Gasteiger partial charge on any atom is -0.462 e. The molecule has 0 amide bonds. The van der Waals surface area contributed by atoms with E-state index in [0.717, 1.165) is 18.8 Å². The molecule has 1 aromatic rings. The molecular formula is C16H24N2O2. The fourth-order valence-corrected chi connectivity index (χ4v) is 2.77. The number of nitrogens with zero attached hydrogens (tertiary/aromatic N) is 1. The van der Waals surface area contributed by atoms with Crippen LogP contribution in [0.3, 0.4) is 0 Å². The van der Waals surface area contributed by atoms with Crippen LogP contribution in [0.1, 0.15) is 37.6 Å².